The molecule has 1 fully saturated rings. The third-order valence-corrected chi connectivity index (χ3v) is 3.65. The highest BCUT2D eigenvalue weighted by Gasteiger charge is 2.27. The second-order valence-corrected chi connectivity index (χ2v) is 5.94. The highest BCUT2D eigenvalue weighted by atomic mass is 16.4. The van der Waals surface area contributed by atoms with Gasteiger partial charge in [0.2, 0.25) is 0 Å². The predicted molar refractivity (Wildman–Crippen MR) is 75.4 cm³/mol. The minimum atomic E-state index is -0.990. The lowest BCUT2D eigenvalue weighted by Gasteiger charge is -2.33. The third-order valence-electron chi connectivity index (χ3n) is 3.65. The molecule has 3 N–H and O–H groups in total. The molecule has 0 radical (unpaired) electrons. The van der Waals surface area contributed by atoms with Crippen LogP contribution in [0.2, 0.25) is 0 Å². The number of carboxylic acids is 1. The molecule has 6 nitrogen and oxygen atoms in total. The Labute approximate surface area is 120 Å². The zero-order valence-corrected chi connectivity index (χ0v) is 12.3. The fourth-order valence-electron chi connectivity index (χ4n) is 2.60. The summed E-state index contributed by atoms with van der Waals surface area (Å²) in [4.78, 5) is 25.0. The van der Waals surface area contributed by atoms with Gasteiger partial charge < -0.3 is 20.4 Å². The molecule has 0 aromatic carbocycles. The largest absolute Gasteiger partial charge is 0.480 e. The van der Waals surface area contributed by atoms with Gasteiger partial charge in [0.1, 0.15) is 6.04 Å². The Morgan fingerprint density at radius 3 is 2.65 bits per heavy atom. The van der Waals surface area contributed by atoms with Crippen molar-refractivity contribution < 1.29 is 19.8 Å². The van der Waals surface area contributed by atoms with Crippen molar-refractivity contribution in [1.82, 2.24) is 10.2 Å². The molecule has 2 atom stereocenters. The fourth-order valence-corrected chi connectivity index (χ4v) is 2.60. The molecule has 20 heavy (non-hydrogen) atoms. The summed E-state index contributed by atoms with van der Waals surface area (Å²) in [7, 11) is 0. The molecule has 0 aromatic heterocycles. The van der Waals surface area contributed by atoms with Gasteiger partial charge in [-0.3, -0.25) is 0 Å². The Bertz CT molecular complexity index is 331. The van der Waals surface area contributed by atoms with Crippen molar-refractivity contribution in [3.05, 3.63) is 0 Å². The molecule has 1 aliphatic heterocycles. The van der Waals surface area contributed by atoms with Crippen LogP contribution >= 0.6 is 0 Å². The molecule has 0 spiro atoms. The molecular weight excluding hydrogens is 260 g/mol. The summed E-state index contributed by atoms with van der Waals surface area (Å²) in [5.41, 5.74) is 0. The van der Waals surface area contributed by atoms with Gasteiger partial charge in [0, 0.05) is 19.7 Å². The maximum Gasteiger partial charge on any atom is 0.326 e. The van der Waals surface area contributed by atoms with Crippen molar-refractivity contribution >= 4 is 12.0 Å². The lowest BCUT2D eigenvalue weighted by Crippen LogP contribution is -2.51. The lowest BCUT2D eigenvalue weighted by atomic mass is 9.95. The second kappa shape index (κ2) is 8.09. The van der Waals surface area contributed by atoms with Crippen LogP contribution in [0, 0.1) is 11.8 Å². The van der Waals surface area contributed by atoms with Crippen molar-refractivity contribution in [3.8, 4) is 0 Å². The van der Waals surface area contributed by atoms with E-state index in [0.717, 1.165) is 12.8 Å². The van der Waals surface area contributed by atoms with Gasteiger partial charge in [0.25, 0.3) is 0 Å². The maximum absolute atomic E-state index is 12.1. The van der Waals surface area contributed by atoms with E-state index in [1.165, 1.54) is 0 Å². The average Bonchev–Trinajstić information content (AvgIpc) is 2.38. The first-order chi connectivity index (χ1) is 9.43. The number of nitrogens with one attached hydrogen (secondary N) is 1. The van der Waals surface area contributed by atoms with Gasteiger partial charge in [0.15, 0.2) is 0 Å². The van der Waals surface area contributed by atoms with Crippen molar-refractivity contribution in [1.29, 1.82) is 0 Å². The molecule has 0 saturated carbocycles. The molecule has 1 unspecified atom stereocenters. The number of aliphatic carboxylic acids is 1. The Hall–Kier alpha value is -1.30. The maximum atomic E-state index is 12.1. The molecular formula is C14H26N2O4. The lowest BCUT2D eigenvalue weighted by molar-refractivity contribution is -0.139. The van der Waals surface area contributed by atoms with Crippen LogP contribution in [0.4, 0.5) is 4.79 Å². The summed E-state index contributed by atoms with van der Waals surface area (Å²) in [5, 5.41) is 20.7. The van der Waals surface area contributed by atoms with E-state index in [0.29, 0.717) is 31.8 Å². The van der Waals surface area contributed by atoms with Crippen molar-refractivity contribution in [2.24, 2.45) is 11.8 Å². The van der Waals surface area contributed by atoms with E-state index in [1.807, 2.05) is 13.8 Å². The minimum absolute atomic E-state index is 0.130. The highest BCUT2D eigenvalue weighted by molar-refractivity contribution is 5.82. The Morgan fingerprint density at radius 2 is 2.10 bits per heavy atom. The molecule has 6 heteroatoms. The van der Waals surface area contributed by atoms with E-state index in [1.54, 1.807) is 4.90 Å². The molecule has 1 heterocycles. The van der Waals surface area contributed by atoms with Gasteiger partial charge >= 0.3 is 12.0 Å². The number of aliphatic hydroxyl groups excluding tert-OH is 1. The highest BCUT2D eigenvalue weighted by Crippen LogP contribution is 2.19. The van der Waals surface area contributed by atoms with Crippen LogP contribution in [0.3, 0.4) is 0 Å². The number of hydrogen-bond donors (Lipinski definition) is 3. The number of piperidine rings is 1. The van der Waals surface area contributed by atoms with Gasteiger partial charge in [-0.2, -0.15) is 0 Å². The molecule has 1 saturated heterocycles. The summed E-state index contributed by atoms with van der Waals surface area (Å²) >= 11 is 0. The smallest absolute Gasteiger partial charge is 0.326 e. The summed E-state index contributed by atoms with van der Waals surface area (Å²) in [5.74, 6) is -0.469. The van der Waals surface area contributed by atoms with Crippen LogP contribution in [-0.2, 0) is 4.79 Å². The number of urea groups is 1. The molecule has 0 aromatic rings. The molecule has 2 amide bonds. The summed E-state index contributed by atoms with van der Waals surface area (Å²) in [6.45, 7) is 5.24. The number of hydrogen-bond acceptors (Lipinski definition) is 3. The zero-order valence-electron chi connectivity index (χ0n) is 12.3. The summed E-state index contributed by atoms with van der Waals surface area (Å²) < 4.78 is 0. The number of rotatable bonds is 6. The normalized spacial score (nSPS) is 20.8. The van der Waals surface area contributed by atoms with E-state index in [4.69, 9.17) is 10.2 Å². The van der Waals surface area contributed by atoms with Crippen molar-refractivity contribution in [3.63, 3.8) is 0 Å². The van der Waals surface area contributed by atoms with Gasteiger partial charge in [-0.1, -0.05) is 13.8 Å². The molecule has 0 bridgehead atoms. The summed E-state index contributed by atoms with van der Waals surface area (Å²) in [6.07, 6.45) is 3.03. The number of carboxylic acid groups (broad SMARTS) is 1. The van der Waals surface area contributed by atoms with Gasteiger partial charge in [-0.25, -0.2) is 9.59 Å². The summed E-state index contributed by atoms with van der Waals surface area (Å²) in [6, 6.07) is -1.14. The van der Waals surface area contributed by atoms with Crippen LogP contribution < -0.4 is 5.32 Å². The first kappa shape index (κ1) is 16.8. The number of carbonyl (C=O) groups is 2. The van der Waals surface area contributed by atoms with Gasteiger partial charge in [-0.05, 0) is 37.5 Å². The van der Waals surface area contributed by atoms with Crippen LogP contribution in [0.25, 0.3) is 0 Å². The number of amides is 2. The van der Waals surface area contributed by atoms with Crippen molar-refractivity contribution in [2.45, 2.75) is 45.6 Å². The minimum Gasteiger partial charge on any atom is -0.480 e. The van der Waals surface area contributed by atoms with E-state index in [-0.39, 0.29) is 18.6 Å². The van der Waals surface area contributed by atoms with Crippen molar-refractivity contribution in [2.75, 3.05) is 19.7 Å². The van der Waals surface area contributed by atoms with E-state index >= 15 is 0 Å². The quantitative estimate of drug-likeness (QED) is 0.686. The van der Waals surface area contributed by atoms with E-state index in [9.17, 15) is 9.59 Å². The van der Waals surface area contributed by atoms with Crippen LogP contribution in [0.15, 0.2) is 0 Å². The monoisotopic (exact) mass is 286 g/mol. The Balaban J connectivity index is 2.53. The van der Waals surface area contributed by atoms with E-state index < -0.39 is 12.0 Å². The number of likely N-dealkylation sites (tertiary alicyclic amines) is 1. The zero-order chi connectivity index (χ0) is 15.1. The average molecular weight is 286 g/mol. The number of carbonyl (C=O) groups excluding carboxylic acids is 1. The van der Waals surface area contributed by atoms with Gasteiger partial charge in [0.05, 0.1) is 0 Å². The van der Waals surface area contributed by atoms with E-state index in [2.05, 4.69) is 5.32 Å². The first-order valence-corrected chi connectivity index (χ1v) is 7.33. The predicted octanol–water partition coefficient (Wildman–Crippen LogP) is 1.29. The molecule has 1 aliphatic rings. The van der Waals surface area contributed by atoms with Crippen LogP contribution in [0.5, 0.6) is 0 Å². The van der Waals surface area contributed by atoms with Gasteiger partial charge in [-0.15, -0.1) is 0 Å². The number of aliphatic hydroxyl groups is 1. The van der Waals surface area contributed by atoms with Crippen LogP contribution in [0.1, 0.15) is 39.5 Å². The number of nitrogens with zero attached hydrogens (tertiary/aromatic N) is 1. The SMILES string of the molecule is CC(C)C[C@H](NC(=O)N1CCCC(CCO)C1)C(=O)O. The first-order valence-electron chi connectivity index (χ1n) is 7.33. The standard InChI is InChI=1S/C14H26N2O4/c1-10(2)8-12(13(18)19)15-14(20)16-6-3-4-11(9-16)5-7-17/h10-12,17H,3-9H2,1-2H3,(H,15,20)(H,18,19)/t11?,12-/m0/s1. The molecule has 1 rings (SSSR count). The second-order valence-electron chi connectivity index (χ2n) is 5.94. The Kier molecular flexibility index (Phi) is 6.78. The third kappa shape index (κ3) is 5.36. The molecule has 0 aliphatic carbocycles. The topological polar surface area (TPSA) is 89.9 Å². The molecule has 116 valence electrons. The van der Waals surface area contributed by atoms with Crippen LogP contribution in [-0.4, -0.2) is 52.9 Å². The fraction of sp³-hybridized carbons (Fsp3) is 0.857. The Morgan fingerprint density at radius 1 is 1.40 bits per heavy atom.